The largest absolute Gasteiger partial charge is 0.389 e. The van der Waals surface area contributed by atoms with Gasteiger partial charge in [0.1, 0.15) is 0 Å². The van der Waals surface area contributed by atoms with E-state index in [1.54, 1.807) is 0 Å². The van der Waals surface area contributed by atoms with E-state index in [1.165, 1.54) is 11.3 Å². The Kier molecular flexibility index (Phi) is 6.32. The number of anilines is 1. The second-order valence-electron chi connectivity index (χ2n) is 5.57. The summed E-state index contributed by atoms with van der Waals surface area (Å²) in [4.78, 5) is 2.37. The third kappa shape index (κ3) is 5.62. The topological polar surface area (TPSA) is 49.5 Å². The summed E-state index contributed by atoms with van der Waals surface area (Å²) in [6, 6.07) is 8.65. The Morgan fingerprint density at radius 3 is 2.37 bits per heavy atom. The predicted octanol–water partition coefficient (Wildman–Crippen LogP) is 2.70. The van der Waals surface area contributed by atoms with Crippen molar-refractivity contribution in [3.8, 4) is 0 Å². The van der Waals surface area contributed by atoms with Crippen molar-refractivity contribution in [2.24, 2.45) is 5.73 Å². The lowest BCUT2D eigenvalue weighted by Gasteiger charge is -2.25. The van der Waals surface area contributed by atoms with Gasteiger partial charge in [0.25, 0.3) is 0 Å². The van der Waals surface area contributed by atoms with Gasteiger partial charge < -0.3 is 15.7 Å². The number of aryl methyl sites for hydroxylation is 1. The highest BCUT2D eigenvalue weighted by Gasteiger charge is 2.17. The molecule has 0 bridgehead atoms. The number of benzene rings is 1. The van der Waals surface area contributed by atoms with Crippen molar-refractivity contribution >= 4 is 5.69 Å². The van der Waals surface area contributed by atoms with Crippen LogP contribution in [-0.4, -0.2) is 30.3 Å². The monoisotopic (exact) mass is 264 g/mol. The van der Waals surface area contributed by atoms with E-state index in [-0.39, 0.29) is 0 Å². The quantitative estimate of drug-likeness (QED) is 0.710. The molecule has 0 fully saturated rings. The van der Waals surface area contributed by atoms with Crippen LogP contribution in [0.5, 0.6) is 0 Å². The molecule has 1 aromatic carbocycles. The van der Waals surface area contributed by atoms with E-state index in [9.17, 15) is 5.11 Å². The van der Waals surface area contributed by atoms with E-state index in [2.05, 4.69) is 43.0 Å². The fourth-order valence-electron chi connectivity index (χ4n) is 2.14. The van der Waals surface area contributed by atoms with Gasteiger partial charge in [0.2, 0.25) is 0 Å². The molecule has 1 atom stereocenters. The molecule has 0 spiro atoms. The van der Waals surface area contributed by atoms with Crippen LogP contribution < -0.4 is 10.6 Å². The lowest BCUT2D eigenvalue weighted by molar-refractivity contribution is 0.0574. The van der Waals surface area contributed by atoms with E-state index in [0.29, 0.717) is 6.54 Å². The number of rotatable bonds is 8. The lowest BCUT2D eigenvalue weighted by Crippen LogP contribution is -2.34. The maximum absolute atomic E-state index is 9.85. The summed E-state index contributed by atoms with van der Waals surface area (Å²) in [5.41, 5.74) is 7.38. The molecular formula is C16H28N2O. The number of hydrogen-bond acceptors (Lipinski definition) is 3. The second-order valence-corrected chi connectivity index (χ2v) is 5.57. The standard InChI is InChI=1S/C16H28N2O/c1-4-18(15-9-7-14(2)8-10-15)12-6-5-11-16(3,19)13-17/h7-10,19H,4-6,11-13,17H2,1-3H3. The average molecular weight is 264 g/mol. The molecule has 108 valence electrons. The van der Waals surface area contributed by atoms with Crippen molar-refractivity contribution in [3.05, 3.63) is 29.8 Å². The minimum absolute atomic E-state index is 0.336. The zero-order valence-electron chi connectivity index (χ0n) is 12.5. The van der Waals surface area contributed by atoms with E-state index < -0.39 is 5.60 Å². The fourth-order valence-corrected chi connectivity index (χ4v) is 2.14. The molecule has 3 heteroatoms. The molecule has 19 heavy (non-hydrogen) atoms. The molecule has 0 amide bonds. The van der Waals surface area contributed by atoms with Crippen LogP contribution in [0.2, 0.25) is 0 Å². The van der Waals surface area contributed by atoms with Crippen molar-refractivity contribution in [1.82, 2.24) is 0 Å². The van der Waals surface area contributed by atoms with Crippen LogP contribution in [0.1, 0.15) is 38.7 Å². The zero-order chi connectivity index (χ0) is 14.3. The highest BCUT2D eigenvalue weighted by atomic mass is 16.3. The summed E-state index contributed by atoms with van der Waals surface area (Å²) in [5, 5.41) is 9.85. The first-order chi connectivity index (χ1) is 8.98. The summed E-state index contributed by atoms with van der Waals surface area (Å²) in [6.07, 6.45) is 2.86. The van der Waals surface area contributed by atoms with Gasteiger partial charge in [0.05, 0.1) is 5.60 Å². The van der Waals surface area contributed by atoms with Gasteiger partial charge in [0, 0.05) is 25.3 Å². The van der Waals surface area contributed by atoms with E-state index in [0.717, 1.165) is 32.4 Å². The molecule has 0 saturated heterocycles. The molecule has 0 radical (unpaired) electrons. The van der Waals surface area contributed by atoms with Crippen molar-refractivity contribution in [2.75, 3.05) is 24.5 Å². The van der Waals surface area contributed by atoms with Crippen molar-refractivity contribution in [2.45, 2.75) is 45.6 Å². The second kappa shape index (κ2) is 7.51. The first-order valence-corrected chi connectivity index (χ1v) is 7.22. The molecule has 0 aliphatic heterocycles. The van der Waals surface area contributed by atoms with Crippen LogP contribution >= 0.6 is 0 Å². The number of nitrogens with zero attached hydrogens (tertiary/aromatic N) is 1. The van der Waals surface area contributed by atoms with Gasteiger partial charge in [-0.15, -0.1) is 0 Å². The molecule has 1 aromatic rings. The van der Waals surface area contributed by atoms with Gasteiger partial charge in [-0.3, -0.25) is 0 Å². The van der Waals surface area contributed by atoms with Gasteiger partial charge in [-0.25, -0.2) is 0 Å². The number of unbranched alkanes of at least 4 members (excludes halogenated alkanes) is 1. The fraction of sp³-hybridized carbons (Fsp3) is 0.625. The van der Waals surface area contributed by atoms with Crippen LogP contribution in [0.3, 0.4) is 0 Å². The summed E-state index contributed by atoms with van der Waals surface area (Å²) in [5.74, 6) is 0. The van der Waals surface area contributed by atoms with Gasteiger partial charge in [-0.1, -0.05) is 17.7 Å². The van der Waals surface area contributed by atoms with E-state index in [4.69, 9.17) is 5.73 Å². The minimum atomic E-state index is -0.707. The Morgan fingerprint density at radius 2 is 1.84 bits per heavy atom. The van der Waals surface area contributed by atoms with Crippen LogP contribution in [-0.2, 0) is 0 Å². The Morgan fingerprint density at radius 1 is 1.21 bits per heavy atom. The van der Waals surface area contributed by atoms with Crippen molar-refractivity contribution in [1.29, 1.82) is 0 Å². The number of hydrogen-bond donors (Lipinski definition) is 2. The third-order valence-corrected chi connectivity index (χ3v) is 3.61. The van der Waals surface area contributed by atoms with Crippen LogP contribution in [0, 0.1) is 6.92 Å². The molecule has 0 heterocycles. The molecule has 0 saturated carbocycles. The molecule has 0 aliphatic carbocycles. The SMILES string of the molecule is CCN(CCCCC(C)(O)CN)c1ccc(C)cc1. The predicted molar refractivity (Wildman–Crippen MR) is 82.6 cm³/mol. The molecule has 3 N–H and O–H groups in total. The normalized spacial score (nSPS) is 14.2. The number of aliphatic hydroxyl groups is 1. The molecule has 0 aromatic heterocycles. The number of nitrogens with two attached hydrogens (primary N) is 1. The molecule has 1 unspecified atom stereocenters. The summed E-state index contributed by atoms with van der Waals surface area (Å²) in [7, 11) is 0. The molecule has 0 aliphatic rings. The van der Waals surface area contributed by atoms with Crippen LogP contribution in [0.4, 0.5) is 5.69 Å². The average Bonchev–Trinajstić information content (AvgIpc) is 2.40. The lowest BCUT2D eigenvalue weighted by atomic mass is 9.99. The zero-order valence-corrected chi connectivity index (χ0v) is 12.5. The maximum atomic E-state index is 9.85. The Labute approximate surface area is 117 Å². The van der Waals surface area contributed by atoms with Gasteiger partial charge >= 0.3 is 0 Å². The van der Waals surface area contributed by atoms with Gasteiger partial charge in [-0.05, 0) is 52.2 Å². The summed E-state index contributed by atoms with van der Waals surface area (Å²) < 4.78 is 0. The Bertz CT molecular complexity index is 360. The first kappa shape index (κ1) is 16.0. The van der Waals surface area contributed by atoms with E-state index >= 15 is 0 Å². The van der Waals surface area contributed by atoms with Gasteiger partial charge in [0.15, 0.2) is 0 Å². The highest BCUT2D eigenvalue weighted by molar-refractivity contribution is 5.47. The smallest absolute Gasteiger partial charge is 0.0741 e. The highest BCUT2D eigenvalue weighted by Crippen LogP contribution is 2.17. The summed E-state index contributed by atoms with van der Waals surface area (Å²) >= 11 is 0. The van der Waals surface area contributed by atoms with Gasteiger partial charge in [-0.2, -0.15) is 0 Å². The Balaban J connectivity index is 2.39. The Hall–Kier alpha value is -1.06. The third-order valence-electron chi connectivity index (χ3n) is 3.61. The van der Waals surface area contributed by atoms with Crippen molar-refractivity contribution in [3.63, 3.8) is 0 Å². The van der Waals surface area contributed by atoms with Crippen LogP contribution in [0.15, 0.2) is 24.3 Å². The summed E-state index contributed by atoms with van der Waals surface area (Å²) in [6.45, 7) is 8.47. The molecule has 3 nitrogen and oxygen atoms in total. The maximum Gasteiger partial charge on any atom is 0.0741 e. The van der Waals surface area contributed by atoms with E-state index in [1.807, 2.05) is 6.92 Å². The van der Waals surface area contributed by atoms with Crippen LogP contribution in [0.25, 0.3) is 0 Å². The molecule has 1 rings (SSSR count). The molecular weight excluding hydrogens is 236 g/mol. The minimum Gasteiger partial charge on any atom is -0.389 e. The first-order valence-electron chi connectivity index (χ1n) is 7.22. The van der Waals surface area contributed by atoms with Crippen molar-refractivity contribution < 1.29 is 5.11 Å².